The Bertz CT molecular complexity index is 1270. The molecule has 0 aliphatic heterocycles. The number of benzene rings is 2. The second kappa shape index (κ2) is 11.4. The molecule has 1 heterocycles. The van der Waals surface area contributed by atoms with Crippen molar-refractivity contribution in [1.82, 2.24) is 0 Å². The van der Waals surface area contributed by atoms with Gasteiger partial charge in [-0.25, -0.2) is 4.79 Å². The fourth-order valence-corrected chi connectivity index (χ4v) is 4.93. The maximum atomic E-state index is 12.8. The van der Waals surface area contributed by atoms with E-state index < -0.39 is 12.1 Å². The zero-order valence-electron chi connectivity index (χ0n) is 21.7. The molecule has 190 valence electrons. The van der Waals surface area contributed by atoms with Gasteiger partial charge in [-0.15, -0.1) is 11.3 Å². The number of hydrogen-bond donors (Lipinski definition) is 2. The van der Waals surface area contributed by atoms with E-state index in [2.05, 4.69) is 10.6 Å². The van der Waals surface area contributed by atoms with E-state index in [1.54, 1.807) is 38.1 Å². The summed E-state index contributed by atoms with van der Waals surface area (Å²) in [6, 6.07) is 10.5. The molecule has 8 heteroatoms. The molecule has 0 radical (unpaired) electrons. The van der Waals surface area contributed by atoms with Crippen LogP contribution in [-0.2, 0) is 9.53 Å². The average Bonchev–Trinajstić information content (AvgIpc) is 3.09. The minimum atomic E-state index is -0.742. The number of carbonyl (C=O) groups excluding carboxylic acids is 3. The fraction of sp³-hybridized carbons (Fsp3) is 0.321. The normalized spacial score (nSPS) is 11.5. The lowest BCUT2D eigenvalue weighted by atomic mass is 10.0. The number of carbonyl (C=O) groups is 3. The van der Waals surface area contributed by atoms with Gasteiger partial charge >= 0.3 is 5.97 Å². The molecule has 2 aromatic carbocycles. The molecule has 0 bridgehead atoms. The summed E-state index contributed by atoms with van der Waals surface area (Å²) in [5.74, 6) is -0.616. The van der Waals surface area contributed by atoms with E-state index in [1.165, 1.54) is 11.3 Å². The number of amides is 2. The number of ether oxygens (including phenoxy) is 2. The van der Waals surface area contributed by atoms with Gasteiger partial charge in [-0.05, 0) is 89.4 Å². The summed E-state index contributed by atoms with van der Waals surface area (Å²) in [6.45, 7) is 13.3. The summed E-state index contributed by atoms with van der Waals surface area (Å²) < 4.78 is 10.9. The average molecular weight is 509 g/mol. The van der Waals surface area contributed by atoms with Gasteiger partial charge in [0.2, 0.25) is 0 Å². The SMILES string of the molecule is CCOC(=O)c1c(NC(=O)c2ccc(O[C@H](C)C(=O)Nc3c(C)cc(C)cc3C)cc2)sc(C)c1C. The topological polar surface area (TPSA) is 93.7 Å². The van der Waals surface area contributed by atoms with Gasteiger partial charge in [0.25, 0.3) is 11.8 Å². The Morgan fingerprint density at radius 2 is 1.56 bits per heavy atom. The second-order valence-electron chi connectivity index (χ2n) is 8.71. The van der Waals surface area contributed by atoms with Crippen molar-refractivity contribution >= 4 is 39.8 Å². The first-order valence-electron chi connectivity index (χ1n) is 11.8. The predicted molar refractivity (Wildman–Crippen MR) is 144 cm³/mol. The van der Waals surface area contributed by atoms with Gasteiger partial charge in [-0.1, -0.05) is 17.7 Å². The molecule has 1 aromatic heterocycles. The van der Waals surface area contributed by atoms with Gasteiger partial charge in [0.05, 0.1) is 12.2 Å². The van der Waals surface area contributed by atoms with Crippen molar-refractivity contribution in [3.63, 3.8) is 0 Å². The van der Waals surface area contributed by atoms with E-state index in [0.717, 1.165) is 32.8 Å². The highest BCUT2D eigenvalue weighted by Gasteiger charge is 2.23. The van der Waals surface area contributed by atoms with Crippen molar-refractivity contribution in [3.05, 3.63) is 74.7 Å². The molecular formula is C28H32N2O5S. The molecule has 3 aromatic rings. The van der Waals surface area contributed by atoms with E-state index in [9.17, 15) is 14.4 Å². The van der Waals surface area contributed by atoms with Crippen LogP contribution in [0.1, 0.15) is 61.7 Å². The standard InChI is InChI=1S/C28H32N2O5S/c1-8-34-28(33)23-18(5)20(7)36-27(23)30-26(32)21-9-11-22(12-10-21)35-19(6)25(31)29-24-16(3)13-15(2)14-17(24)4/h9-14,19H,8H2,1-7H3,(H,29,31)(H,30,32)/t19-/m1/s1. The summed E-state index contributed by atoms with van der Waals surface area (Å²) in [5.41, 5.74) is 5.47. The molecule has 2 amide bonds. The van der Waals surface area contributed by atoms with Crippen LogP contribution in [0.5, 0.6) is 5.75 Å². The third-order valence-corrected chi connectivity index (χ3v) is 6.94. The molecule has 3 rings (SSSR count). The highest BCUT2D eigenvalue weighted by atomic mass is 32.1. The Morgan fingerprint density at radius 1 is 0.944 bits per heavy atom. The minimum absolute atomic E-state index is 0.253. The van der Waals surface area contributed by atoms with Crippen molar-refractivity contribution in [2.24, 2.45) is 0 Å². The first kappa shape index (κ1) is 26.9. The fourth-order valence-electron chi connectivity index (χ4n) is 3.88. The lowest BCUT2D eigenvalue weighted by Crippen LogP contribution is -2.30. The molecule has 0 saturated carbocycles. The molecular weight excluding hydrogens is 476 g/mol. The quantitative estimate of drug-likeness (QED) is 0.357. The van der Waals surface area contributed by atoms with Gasteiger partial charge in [0.15, 0.2) is 6.10 Å². The summed E-state index contributed by atoms with van der Waals surface area (Å²) in [6.07, 6.45) is -0.742. The maximum absolute atomic E-state index is 12.8. The number of nitrogens with one attached hydrogen (secondary N) is 2. The lowest BCUT2D eigenvalue weighted by molar-refractivity contribution is -0.122. The van der Waals surface area contributed by atoms with Crippen LogP contribution >= 0.6 is 11.3 Å². The van der Waals surface area contributed by atoms with Crippen molar-refractivity contribution < 1.29 is 23.9 Å². The number of rotatable bonds is 8. The van der Waals surface area contributed by atoms with Crippen LogP contribution in [-0.4, -0.2) is 30.5 Å². The summed E-state index contributed by atoms with van der Waals surface area (Å²) >= 11 is 1.33. The van der Waals surface area contributed by atoms with E-state index in [0.29, 0.717) is 21.9 Å². The molecule has 0 spiro atoms. The van der Waals surface area contributed by atoms with Crippen LogP contribution in [0.15, 0.2) is 36.4 Å². The Hall–Kier alpha value is -3.65. The van der Waals surface area contributed by atoms with Crippen molar-refractivity contribution in [1.29, 1.82) is 0 Å². The predicted octanol–water partition coefficient (Wildman–Crippen LogP) is 6.13. The highest BCUT2D eigenvalue weighted by molar-refractivity contribution is 7.16. The molecule has 0 unspecified atom stereocenters. The summed E-state index contributed by atoms with van der Waals surface area (Å²) in [5, 5.41) is 6.23. The largest absolute Gasteiger partial charge is 0.481 e. The Morgan fingerprint density at radius 3 is 2.14 bits per heavy atom. The molecule has 0 saturated heterocycles. The van der Waals surface area contributed by atoms with Crippen LogP contribution in [0, 0.1) is 34.6 Å². The van der Waals surface area contributed by atoms with Crippen molar-refractivity contribution in [2.45, 2.75) is 54.6 Å². The van der Waals surface area contributed by atoms with Gasteiger partial charge in [0, 0.05) is 16.1 Å². The van der Waals surface area contributed by atoms with Gasteiger partial charge in [0.1, 0.15) is 10.8 Å². The van der Waals surface area contributed by atoms with E-state index in [-0.39, 0.29) is 18.4 Å². The monoisotopic (exact) mass is 508 g/mol. The van der Waals surface area contributed by atoms with Gasteiger partial charge in [-0.3, -0.25) is 9.59 Å². The van der Waals surface area contributed by atoms with Crippen LogP contribution < -0.4 is 15.4 Å². The number of thiophene rings is 1. The Labute approximate surface area is 215 Å². The number of hydrogen-bond acceptors (Lipinski definition) is 6. The van der Waals surface area contributed by atoms with Crippen LogP contribution in [0.3, 0.4) is 0 Å². The first-order valence-corrected chi connectivity index (χ1v) is 12.6. The molecule has 2 N–H and O–H groups in total. The summed E-state index contributed by atoms with van der Waals surface area (Å²) in [4.78, 5) is 38.9. The van der Waals surface area contributed by atoms with E-state index in [4.69, 9.17) is 9.47 Å². The van der Waals surface area contributed by atoms with Crippen molar-refractivity contribution in [3.8, 4) is 5.75 Å². The maximum Gasteiger partial charge on any atom is 0.341 e. The molecule has 36 heavy (non-hydrogen) atoms. The molecule has 7 nitrogen and oxygen atoms in total. The van der Waals surface area contributed by atoms with Crippen molar-refractivity contribution in [2.75, 3.05) is 17.2 Å². The van der Waals surface area contributed by atoms with Crippen LogP contribution in [0.4, 0.5) is 10.7 Å². The molecule has 0 aliphatic rings. The van der Waals surface area contributed by atoms with Crippen LogP contribution in [0.25, 0.3) is 0 Å². The minimum Gasteiger partial charge on any atom is -0.481 e. The third kappa shape index (κ3) is 6.12. The summed E-state index contributed by atoms with van der Waals surface area (Å²) in [7, 11) is 0. The number of esters is 1. The lowest BCUT2D eigenvalue weighted by Gasteiger charge is -2.18. The van der Waals surface area contributed by atoms with Gasteiger partial charge < -0.3 is 20.1 Å². The second-order valence-corrected chi connectivity index (χ2v) is 9.93. The highest BCUT2D eigenvalue weighted by Crippen LogP contribution is 2.33. The zero-order chi connectivity index (χ0) is 26.6. The van der Waals surface area contributed by atoms with E-state index in [1.807, 2.05) is 46.8 Å². The zero-order valence-corrected chi connectivity index (χ0v) is 22.5. The van der Waals surface area contributed by atoms with Crippen LogP contribution in [0.2, 0.25) is 0 Å². The Kier molecular flexibility index (Phi) is 8.53. The Balaban J connectivity index is 1.66. The number of anilines is 2. The first-order chi connectivity index (χ1) is 17.0. The van der Waals surface area contributed by atoms with Gasteiger partial charge in [-0.2, -0.15) is 0 Å². The smallest absolute Gasteiger partial charge is 0.341 e. The molecule has 0 fully saturated rings. The third-order valence-electron chi connectivity index (χ3n) is 5.82. The van der Waals surface area contributed by atoms with E-state index >= 15 is 0 Å². The number of aryl methyl sites for hydroxylation is 4. The molecule has 1 atom stereocenters. The molecule has 0 aliphatic carbocycles.